The number of aryl methyl sites for hydroxylation is 1. The van der Waals surface area contributed by atoms with Crippen molar-refractivity contribution in [3.8, 4) is 0 Å². The molecule has 20 heavy (non-hydrogen) atoms. The Balaban J connectivity index is 2.03. The average Bonchev–Trinajstić information content (AvgIpc) is 2.48. The molecule has 0 aliphatic rings. The molecule has 1 amide bonds. The third-order valence-corrected chi connectivity index (χ3v) is 3.61. The highest BCUT2D eigenvalue weighted by Gasteiger charge is 2.14. The molecule has 2 aromatic rings. The fourth-order valence-corrected chi connectivity index (χ4v) is 2.32. The first-order chi connectivity index (χ1) is 9.70. The fourth-order valence-electron chi connectivity index (χ4n) is 2.13. The first-order valence-corrected chi connectivity index (χ1v) is 7.20. The van der Waals surface area contributed by atoms with Crippen molar-refractivity contribution in [1.29, 1.82) is 0 Å². The van der Waals surface area contributed by atoms with Gasteiger partial charge in [-0.3, -0.25) is 4.79 Å². The summed E-state index contributed by atoms with van der Waals surface area (Å²) in [5, 5.41) is 3.00. The van der Waals surface area contributed by atoms with Gasteiger partial charge in [0.1, 0.15) is 0 Å². The lowest BCUT2D eigenvalue weighted by Crippen LogP contribution is -2.38. The van der Waals surface area contributed by atoms with E-state index in [2.05, 4.69) is 5.32 Å². The molecule has 0 bridgehead atoms. The summed E-state index contributed by atoms with van der Waals surface area (Å²) < 4.78 is 0. The highest BCUT2D eigenvalue weighted by atomic mass is 35.5. The van der Waals surface area contributed by atoms with Crippen molar-refractivity contribution in [2.24, 2.45) is 0 Å². The van der Waals surface area contributed by atoms with Gasteiger partial charge in [-0.2, -0.15) is 0 Å². The molecule has 0 spiro atoms. The number of alkyl halides is 1. The number of carbonyl (C=O) groups is 1. The van der Waals surface area contributed by atoms with Gasteiger partial charge in [0.25, 0.3) is 5.91 Å². The van der Waals surface area contributed by atoms with Gasteiger partial charge in [-0.15, -0.1) is 11.6 Å². The van der Waals surface area contributed by atoms with Crippen LogP contribution in [0.1, 0.15) is 21.5 Å². The lowest BCUT2D eigenvalue weighted by molar-refractivity contribution is 0.0940. The van der Waals surface area contributed by atoms with E-state index in [4.69, 9.17) is 11.6 Å². The molecule has 0 saturated heterocycles. The van der Waals surface area contributed by atoms with Gasteiger partial charge in [-0.25, -0.2) is 0 Å². The average molecular weight is 288 g/mol. The third-order valence-electron chi connectivity index (χ3n) is 3.24. The zero-order chi connectivity index (χ0) is 14.4. The number of rotatable bonds is 5. The van der Waals surface area contributed by atoms with Crippen LogP contribution < -0.4 is 5.32 Å². The monoisotopic (exact) mass is 287 g/mol. The normalized spacial score (nSPS) is 11.9. The summed E-state index contributed by atoms with van der Waals surface area (Å²) in [7, 11) is 0. The van der Waals surface area contributed by atoms with Gasteiger partial charge in [0, 0.05) is 17.5 Å². The van der Waals surface area contributed by atoms with E-state index in [0.717, 1.165) is 12.0 Å². The topological polar surface area (TPSA) is 29.1 Å². The van der Waals surface area contributed by atoms with Crippen LogP contribution in [0.3, 0.4) is 0 Å². The Bertz CT molecular complexity index is 568. The maximum absolute atomic E-state index is 12.3. The number of amides is 1. The minimum absolute atomic E-state index is 0.0637. The Morgan fingerprint density at radius 3 is 2.40 bits per heavy atom. The Morgan fingerprint density at radius 2 is 1.75 bits per heavy atom. The summed E-state index contributed by atoms with van der Waals surface area (Å²) in [6, 6.07) is 17.5. The van der Waals surface area contributed by atoms with Gasteiger partial charge in [-0.1, -0.05) is 48.5 Å². The highest BCUT2D eigenvalue weighted by molar-refractivity contribution is 6.18. The number of halogens is 1. The van der Waals surface area contributed by atoms with Crippen molar-refractivity contribution in [1.82, 2.24) is 5.32 Å². The number of hydrogen-bond acceptors (Lipinski definition) is 1. The molecule has 0 aliphatic heterocycles. The van der Waals surface area contributed by atoms with E-state index >= 15 is 0 Å². The van der Waals surface area contributed by atoms with E-state index in [1.807, 2.05) is 61.5 Å². The zero-order valence-corrected chi connectivity index (χ0v) is 12.2. The summed E-state index contributed by atoms with van der Waals surface area (Å²) >= 11 is 5.97. The molecule has 0 fully saturated rings. The summed E-state index contributed by atoms with van der Waals surface area (Å²) in [6.45, 7) is 1.93. The number of benzene rings is 2. The first kappa shape index (κ1) is 14.6. The largest absolute Gasteiger partial charge is 0.348 e. The standard InChI is InChI=1S/C17H18ClNO/c1-13-7-5-6-10-16(13)17(20)19-15(12-18)11-14-8-3-2-4-9-14/h2-10,15H,11-12H2,1H3,(H,19,20)/t15-/m0/s1. The maximum Gasteiger partial charge on any atom is 0.251 e. The molecule has 0 radical (unpaired) electrons. The molecule has 2 rings (SSSR count). The summed E-state index contributed by atoms with van der Waals surface area (Å²) in [4.78, 5) is 12.3. The van der Waals surface area contributed by atoms with Crippen molar-refractivity contribution >= 4 is 17.5 Å². The van der Waals surface area contributed by atoms with Crippen LogP contribution in [0.15, 0.2) is 54.6 Å². The molecule has 0 aliphatic carbocycles. The molecular weight excluding hydrogens is 270 g/mol. The van der Waals surface area contributed by atoms with E-state index in [0.29, 0.717) is 11.4 Å². The van der Waals surface area contributed by atoms with Crippen LogP contribution in [0.25, 0.3) is 0 Å². The van der Waals surface area contributed by atoms with Crippen LogP contribution >= 0.6 is 11.6 Å². The second-order valence-electron chi connectivity index (χ2n) is 4.83. The second-order valence-corrected chi connectivity index (χ2v) is 5.14. The van der Waals surface area contributed by atoms with Crippen molar-refractivity contribution in [3.63, 3.8) is 0 Å². The Labute approximate surface area is 124 Å². The van der Waals surface area contributed by atoms with Crippen molar-refractivity contribution in [3.05, 3.63) is 71.3 Å². The van der Waals surface area contributed by atoms with Crippen LogP contribution in [0.5, 0.6) is 0 Å². The van der Waals surface area contributed by atoms with E-state index in [1.54, 1.807) is 0 Å². The Hall–Kier alpha value is -1.80. The fraction of sp³-hybridized carbons (Fsp3) is 0.235. The molecule has 0 saturated carbocycles. The van der Waals surface area contributed by atoms with Gasteiger partial charge in [0.05, 0.1) is 0 Å². The molecule has 0 unspecified atom stereocenters. The van der Waals surface area contributed by atoms with Crippen LogP contribution in [-0.2, 0) is 6.42 Å². The quantitative estimate of drug-likeness (QED) is 0.837. The molecule has 3 heteroatoms. The minimum Gasteiger partial charge on any atom is -0.348 e. The van der Waals surface area contributed by atoms with Crippen molar-refractivity contribution in [2.45, 2.75) is 19.4 Å². The van der Waals surface area contributed by atoms with Gasteiger partial charge < -0.3 is 5.32 Å². The third kappa shape index (κ3) is 3.84. The summed E-state index contributed by atoms with van der Waals surface area (Å²) in [5.74, 6) is 0.330. The summed E-state index contributed by atoms with van der Waals surface area (Å²) in [5.41, 5.74) is 2.84. The van der Waals surface area contributed by atoms with Gasteiger partial charge in [0.2, 0.25) is 0 Å². The SMILES string of the molecule is Cc1ccccc1C(=O)N[C@H](CCl)Cc1ccccc1. The molecular formula is C17H18ClNO. The smallest absolute Gasteiger partial charge is 0.251 e. The Kier molecular flexibility index (Phi) is 5.19. The van der Waals surface area contributed by atoms with Crippen molar-refractivity contribution in [2.75, 3.05) is 5.88 Å². The highest BCUT2D eigenvalue weighted by Crippen LogP contribution is 2.09. The number of nitrogens with one attached hydrogen (secondary N) is 1. The van der Waals surface area contributed by atoms with Crippen LogP contribution in [0, 0.1) is 6.92 Å². The molecule has 0 aromatic heterocycles. The molecule has 1 atom stereocenters. The molecule has 2 aromatic carbocycles. The summed E-state index contributed by atoms with van der Waals surface area (Å²) in [6.07, 6.45) is 0.738. The lowest BCUT2D eigenvalue weighted by atomic mass is 10.1. The Morgan fingerprint density at radius 1 is 1.10 bits per heavy atom. The number of carbonyl (C=O) groups excluding carboxylic acids is 1. The van der Waals surface area contributed by atoms with Crippen LogP contribution in [0.4, 0.5) is 0 Å². The van der Waals surface area contributed by atoms with E-state index in [9.17, 15) is 4.79 Å². The number of hydrogen-bond donors (Lipinski definition) is 1. The molecule has 104 valence electrons. The predicted molar refractivity (Wildman–Crippen MR) is 83.3 cm³/mol. The van der Waals surface area contributed by atoms with Gasteiger partial charge in [-0.05, 0) is 30.5 Å². The van der Waals surface area contributed by atoms with E-state index < -0.39 is 0 Å². The zero-order valence-electron chi connectivity index (χ0n) is 11.5. The van der Waals surface area contributed by atoms with Gasteiger partial charge >= 0.3 is 0 Å². The van der Waals surface area contributed by atoms with Crippen LogP contribution in [0.2, 0.25) is 0 Å². The van der Waals surface area contributed by atoms with Gasteiger partial charge in [0.15, 0.2) is 0 Å². The minimum atomic E-state index is -0.0651. The molecule has 0 heterocycles. The lowest BCUT2D eigenvalue weighted by Gasteiger charge is -2.17. The van der Waals surface area contributed by atoms with Crippen LogP contribution in [-0.4, -0.2) is 17.8 Å². The molecule has 1 N–H and O–H groups in total. The maximum atomic E-state index is 12.3. The van der Waals surface area contributed by atoms with Crippen molar-refractivity contribution < 1.29 is 4.79 Å². The first-order valence-electron chi connectivity index (χ1n) is 6.67. The van der Waals surface area contributed by atoms with E-state index in [1.165, 1.54) is 5.56 Å². The second kappa shape index (κ2) is 7.11. The predicted octanol–water partition coefficient (Wildman–Crippen LogP) is 3.57. The molecule has 2 nitrogen and oxygen atoms in total. The van der Waals surface area contributed by atoms with E-state index in [-0.39, 0.29) is 11.9 Å².